The van der Waals surface area contributed by atoms with Crippen molar-refractivity contribution in [2.45, 2.75) is 40.0 Å². The molecule has 0 spiro atoms. The molecule has 2 atom stereocenters. The number of rotatable bonds is 3. The van der Waals surface area contributed by atoms with Crippen molar-refractivity contribution in [3.05, 3.63) is 33.7 Å². The van der Waals surface area contributed by atoms with E-state index < -0.39 is 5.41 Å². The molecule has 2 fully saturated rings. The van der Waals surface area contributed by atoms with Crippen LogP contribution in [-0.2, 0) is 9.53 Å². The quantitative estimate of drug-likeness (QED) is 0.851. The van der Waals surface area contributed by atoms with Gasteiger partial charge in [-0.1, -0.05) is 27.7 Å². The molecular weight excluding hydrogens is 320 g/mol. The Labute approximate surface area is 147 Å². The normalized spacial score (nSPS) is 27.0. The van der Waals surface area contributed by atoms with Crippen molar-refractivity contribution in [1.82, 2.24) is 9.88 Å². The highest BCUT2D eigenvalue weighted by atomic mass is 16.5. The number of aromatic nitrogens is 1. The lowest BCUT2D eigenvalue weighted by Gasteiger charge is -2.54. The number of carbonyl (C=O) groups is 2. The fourth-order valence-electron chi connectivity index (χ4n) is 4.83. The molecule has 1 aromatic heterocycles. The van der Waals surface area contributed by atoms with Crippen molar-refractivity contribution in [1.29, 1.82) is 0 Å². The van der Waals surface area contributed by atoms with Crippen LogP contribution in [0, 0.1) is 16.7 Å². The third kappa shape index (κ3) is 2.58. The SMILES string of the molecule is COC(=O)[C@@]12CN(C(=O)c3ccc(=O)[nH]c3C(C)C)C[C@@H]1C(C)(C)C2. The van der Waals surface area contributed by atoms with Gasteiger partial charge in [0.25, 0.3) is 5.91 Å². The first-order valence-corrected chi connectivity index (χ1v) is 8.73. The topological polar surface area (TPSA) is 79.5 Å². The number of hydrogen-bond donors (Lipinski definition) is 1. The van der Waals surface area contributed by atoms with Gasteiger partial charge in [-0.05, 0) is 29.7 Å². The van der Waals surface area contributed by atoms with E-state index in [0.717, 1.165) is 6.42 Å². The zero-order valence-electron chi connectivity index (χ0n) is 15.5. The van der Waals surface area contributed by atoms with Crippen LogP contribution in [0.4, 0.5) is 0 Å². The zero-order chi connectivity index (χ0) is 18.6. The number of pyridine rings is 1. The van der Waals surface area contributed by atoms with E-state index in [4.69, 9.17) is 4.74 Å². The predicted molar refractivity (Wildman–Crippen MR) is 93.4 cm³/mol. The van der Waals surface area contributed by atoms with Crippen LogP contribution in [0.5, 0.6) is 0 Å². The number of carbonyl (C=O) groups excluding carboxylic acids is 2. The Morgan fingerprint density at radius 2 is 2.00 bits per heavy atom. The lowest BCUT2D eigenvalue weighted by molar-refractivity contribution is -0.174. The molecule has 136 valence electrons. The third-order valence-electron chi connectivity index (χ3n) is 5.89. The van der Waals surface area contributed by atoms with Gasteiger partial charge in [0.05, 0.1) is 18.1 Å². The maximum absolute atomic E-state index is 13.1. The Morgan fingerprint density at radius 3 is 2.56 bits per heavy atom. The molecule has 2 aliphatic rings. The smallest absolute Gasteiger partial charge is 0.314 e. The van der Waals surface area contributed by atoms with E-state index in [1.807, 2.05) is 13.8 Å². The highest BCUT2D eigenvalue weighted by Gasteiger charge is 2.68. The van der Waals surface area contributed by atoms with Gasteiger partial charge in [-0.2, -0.15) is 0 Å². The molecule has 1 aliphatic carbocycles. The van der Waals surface area contributed by atoms with Crippen molar-refractivity contribution in [3.63, 3.8) is 0 Å². The van der Waals surface area contributed by atoms with Gasteiger partial charge in [-0.15, -0.1) is 0 Å². The first-order valence-electron chi connectivity index (χ1n) is 8.73. The van der Waals surface area contributed by atoms with E-state index in [-0.39, 0.29) is 34.7 Å². The highest BCUT2D eigenvalue weighted by Crippen LogP contribution is 2.63. The van der Waals surface area contributed by atoms with E-state index in [0.29, 0.717) is 24.3 Å². The van der Waals surface area contributed by atoms with Crippen molar-refractivity contribution in [2.24, 2.45) is 16.7 Å². The minimum atomic E-state index is -0.589. The molecular formula is C19H26N2O4. The first-order chi connectivity index (χ1) is 11.6. The Hall–Kier alpha value is -2.11. The average molecular weight is 346 g/mol. The van der Waals surface area contributed by atoms with Gasteiger partial charge in [0.2, 0.25) is 5.56 Å². The second kappa shape index (κ2) is 5.71. The predicted octanol–water partition coefficient (Wildman–Crippen LogP) is 2.16. The largest absolute Gasteiger partial charge is 0.469 e. The van der Waals surface area contributed by atoms with Gasteiger partial charge in [0.1, 0.15) is 0 Å². The molecule has 1 aromatic rings. The Kier molecular flexibility index (Phi) is 4.05. The van der Waals surface area contributed by atoms with E-state index in [9.17, 15) is 14.4 Å². The number of aromatic amines is 1. The second-order valence-corrected chi connectivity index (χ2v) is 8.36. The standard InChI is InChI=1S/C19H26N2O4/c1-11(2)15-12(6-7-14(22)20-15)16(23)21-8-13-18(3,4)9-19(13,10-21)17(24)25-5/h6-7,11,13H,8-10H2,1-5H3,(H,20,22)/t13-,19+/m1/s1. The molecule has 1 saturated carbocycles. The summed E-state index contributed by atoms with van der Waals surface area (Å²) in [4.78, 5) is 41.7. The summed E-state index contributed by atoms with van der Waals surface area (Å²) in [7, 11) is 1.41. The molecule has 1 amide bonds. The van der Waals surface area contributed by atoms with Gasteiger partial charge >= 0.3 is 5.97 Å². The summed E-state index contributed by atoms with van der Waals surface area (Å²) in [6, 6.07) is 2.97. The van der Waals surface area contributed by atoms with Gasteiger partial charge in [0, 0.05) is 24.8 Å². The molecule has 2 heterocycles. The lowest BCUT2D eigenvalue weighted by atomic mass is 9.48. The van der Waals surface area contributed by atoms with Crippen molar-refractivity contribution in [3.8, 4) is 0 Å². The molecule has 0 radical (unpaired) electrons. The number of esters is 1. The summed E-state index contributed by atoms with van der Waals surface area (Å²) in [5.74, 6) is -0.231. The Balaban J connectivity index is 1.93. The summed E-state index contributed by atoms with van der Waals surface area (Å²) in [5.41, 5.74) is 0.356. The average Bonchev–Trinajstić information content (AvgIpc) is 2.89. The lowest BCUT2D eigenvalue weighted by Crippen LogP contribution is -2.57. The number of H-pyrrole nitrogens is 1. The minimum Gasteiger partial charge on any atom is -0.469 e. The third-order valence-corrected chi connectivity index (χ3v) is 5.89. The molecule has 25 heavy (non-hydrogen) atoms. The molecule has 1 aliphatic heterocycles. The summed E-state index contributed by atoms with van der Waals surface area (Å²) in [6.07, 6.45) is 0.726. The molecule has 1 saturated heterocycles. The van der Waals surface area contributed by atoms with Gasteiger partial charge in [0.15, 0.2) is 0 Å². The number of ether oxygens (including phenoxy) is 1. The summed E-state index contributed by atoms with van der Waals surface area (Å²) in [6.45, 7) is 9.06. The highest BCUT2D eigenvalue weighted by molar-refractivity contribution is 5.96. The molecule has 0 unspecified atom stereocenters. The van der Waals surface area contributed by atoms with Gasteiger partial charge < -0.3 is 14.6 Å². The zero-order valence-corrected chi connectivity index (χ0v) is 15.5. The Morgan fingerprint density at radius 1 is 1.32 bits per heavy atom. The fraction of sp³-hybridized carbons (Fsp3) is 0.632. The van der Waals surface area contributed by atoms with Crippen LogP contribution in [0.2, 0.25) is 0 Å². The molecule has 0 aromatic carbocycles. The maximum atomic E-state index is 13.1. The van der Waals surface area contributed by atoms with Crippen LogP contribution < -0.4 is 5.56 Å². The summed E-state index contributed by atoms with van der Waals surface area (Å²) < 4.78 is 5.04. The van der Waals surface area contributed by atoms with Crippen molar-refractivity contribution in [2.75, 3.05) is 20.2 Å². The molecule has 3 rings (SSSR count). The first kappa shape index (κ1) is 17.7. The van der Waals surface area contributed by atoms with Crippen LogP contribution in [0.1, 0.15) is 56.1 Å². The van der Waals surface area contributed by atoms with Crippen LogP contribution in [0.25, 0.3) is 0 Å². The van der Waals surface area contributed by atoms with E-state index >= 15 is 0 Å². The van der Waals surface area contributed by atoms with E-state index in [2.05, 4.69) is 18.8 Å². The van der Waals surface area contributed by atoms with Crippen LogP contribution >= 0.6 is 0 Å². The number of amides is 1. The molecule has 0 bridgehead atoms. The summed E-state index contributed by atoms with van der Waals surface area (Å²) >= 11 is 0. The molecule has 6 heteroatoms. The fourth-order valence-corrected chi connectivity index (χ4v) is 4.83. The number of likely N-dealkylation sites (tertiary alicyclic amines) is 1. The minimum absolute atomic E-state index is 0.00903. The van der Waals surface area contributed by atoms with Crippen LogP contribution in [0.15, 0.2) is 16.9 Å². The maximum Gasteiger partial charge on any atom is 0.314 e. The molecule has 6 nitrogen and oxygen atoms in total. The summed E-state index contributed by atoms with van der Waals surface area (Å²) in [5, 5.41) is 0. The second-order valence-electron chi connectivity index (χ2n) is 8.36. The number of methoxy groups -OCH3 is 1. The number of hydrogen-bond acceptors (Lipinski definition) is 4. The van der Waals surface area contributed by atoms with Gasteiger partial charge in [-0.25, -0.2) is 0 Å². The van der Waals surface area contributed by atoms with Crippen LogP contribution in [-0.4, -0.2) is 42.0 Å². The van der Waals surface area contributed by atoms with E-state index in [1.165, 1.54) is 13.2 Å². The van der Waals surface area contributed by atoms with Crippen molar-refractivity contribution >= 4 is 11.9 Å². The number of fused-ring (bicyclic) bond motifs is 1. The molecule has 1 N–H and O–H groups in total. The van der Waals surface area contributed by atoms with E-state index in [1.54, 1.807) is 11.0 Å². The monoisotopic (exact) mass is 346 g/mol. The van der Waals surface area contributed by atoms with Crippen LogP contribution in [0.3, 0.4) is 0 Å². The number of nitrogens with one attached hydrogen (secondary N) is 1. The van der Waals surface area contributed by atoms with Gasteiger partial charge in [-0.3, -0.25) is 14.4 Å². The Bertz CT molecular complexity index is 780. The number of nitrogens with zero attached hydrogens (tertiary/aromatic N) is 1. The van der Waals surface area contributed by atoms with Crippen molar-refractivity contribution < 1.29 is 14.3 Å².